The number of phenols is 2. The van der Waals surface area contributed by atoms with Crippen LogP contribution in [0.25, 0.3) is 6.08 Å². The first-order valence-corrected chi connectivity index (χ1v) is 12.4. The number of phenolic OH excluding ortho intramolecular Hbond substituents is 2. The van der Waals surface area contributed by atoms with Crippen molar-refractivity contribution < 1.29 is 64.2 Å². The zero-order valence-corrected chi connectivity index (χ0v) is 21.2. The van der Waals surface area contributed by atoms with E-state index in [1.165, 1.54) is 24.3 Å². The molecule has 218 valence electrons. The molecule has 0 spiro atoms. The van der Waals surface area contributed by atoms with Gasteiger partial charge in [0.15, 0.2) is 29.7 Å². The number of hydrogen-bond acceptors (Lipinski definition) is 13. The highest BCUT2D eigenvalue weighted by molar-refractivity contribution is 5.87. The molecule has 0 saturated carbocycles. The van der Waals surface area contributed by atoms with Crippen molar-refractivity contribution in [1.29, 1.82) is 0 Å². The molecule has 13 heteroatoms. The van der Waals surface area contributed by atoms with Crippen LogP contribution in [0.2, 0.25) is 0 Å². The van der Waals surface area contributed by atoms with Crippen molar-refractivity contribution in [1.82, 2.24) is 0 Å². The molecule has 13 nitrogen and oxygen atoms in total. The Kier molecular flexibility index (Phi) is 9.73. The van der Waals surface area contributed by atoms with E-state index >= 15 is 0 Å². The summed E-state index contributed by atoms with van der Waals surface area (Å²) in [5.41, 5.74) is -0.806. The van der Waals surface area contributed by atoms with Crippen LogP contribution in [0.4, 0.5) is 0 Å². The Hall–Kier alpha value is -3.11. The van der Waals surface area contributed by atoms with Gasteiger partial charge in [0.05, 0.1) is 19.8 Å². The SMILES string of the molecule is O=C(/C=C\c1ccc(O)c(O)c1)OC[C@@]1(O)CO[C@@H](OC[C@@H]2O[C@H](OCc3ccccc3)[C@@H](O)[C@H](O)[C@H]2O)[C@@H]1O. The maximum absolute atomic E-state index is 12.1. The Morgan fingerprint density at radius 1 is 0.950 bits per heavy atom. The maximum Gasteiger partial charge on any atom is 0.330 e. The number of ether oxygens (including phenoxy) is 5. The average Bonchev–Trinajstić information content (AvgIpc) is 3.24. The lowest BCUT2D eigenvalue weighted by Crippen LogP contribution is -2.59. The predicted octanol–water partition coefficient (Wildman–Crippen LogP) is -0.857. The summed E-state index contributed by atoms with van der Waals surface area (Å²) >= 11 is 0. The Bertz CT molecular complexity index is 1160. The van der Waals surface area contributed by atoms with Gasteiger partial charge < -0.3 is 59.4 Å². The molecule has 0 aliphatic carbocycles. The molecule has 2 saturated heterocycles. The van der Waals surface area contributed by atoms with Gasteiger partial charge in [-0.25, -0.2) is 4.79 Å². The van der Waals surface area contributed by atoms with Crippen LogP contribution in [-0.2, 0) is 35.1 Å². The molecule has 7 N–H and O–H groups in total. The van der Waals surface area contributed by atoms with E-state index in [2.05, 4.69) is 0 Å². The van der Waals surface area contributed by atoms with Crippen molar-refractivity contribution in [3.05, 3.63) is 65.7 Å². The molecule has 40 heavy (non-hydrogen) atoms. The summed E-state index contributed by atoms with van der Waals surface area (Å²) in [5.74, 6) is -1.54. The molecule has 0 aromatic heterocycles. The number of aliphatic hydroxyl groups excluding tert-OH is 4. The van der Waals surface area contributed by atoms with Crippen LogP contribution in [-0.4, -0.2) is 110 Å². The van der Waals surface area contributed by atoms with Crippen LogP contribution >= 0.6 is 0 Å². The summed E-state index contributed by atoms with van der Waals surface area (Å²) in [5, 5.41) is 71.0. The Morgan fingerprint density at radius 2 is 1.70 bits per heavy atom. The molecule has 8 atom stereocenters. The highest BCUT2D eigenvalue weighted by atomic mass is 16.7. The van der Waals surface area contributed by atoms with Crippen LogP contribution in [0.1, 0.15) is 11.1 Å². The van der Waals surface area contributed by atoms with Gasteiger partial charge in [-0.3, -0.25) is 0 Å². The third-order valence-corrected chi connectivity index (χ3v) is 6.53. The normalized spacial score (nSPS) is 32.4. The average molecular weight is 565 g/mol. The molecule has 0 amide bonds. The number of carbonyl (C=O) groups is 1. The van der Waals surface area contributed by atoms with E-state index in [1.54, 1.807) is 12.1 Å². The van der Waals surface area contributed by atoms with Gasteiger partial charge in [-0.05, 0) is 29.3 Å². The first kappa shape index (κ1) is 29.9. The highest BCUT2D eigenvalue weighted by Gasteiger charge is 2.51. The predicted molar refractivity (Wildman–Crippen MR) is 134 cm³/mol. The lowest BCUT2D eigenvalue weighted by atomic mass is 9.99. The number of hydrogen-bond donors (Lipinski definition) is 7. The van der Waals surface area contributed by atoms with E-state index in [9.17, 15) is 40.5 Å². The van der Waals surface area contributed by atoms with Crippen LogP contribution < -0.4 is 0 Å². The smallest absolute Gasteiger partial charge is 0.330 e. The van der Waals surface area contributed by atoms with Crippen molar-refractivity contribution in [3.8, 4) is 11.5 Å². The molecule has 0 unspecified atom stereocenters. The van der Waals surface area contributed by atoms with Crippen molar-refractivity contribution in [2.45, 2.75) is 55.3 Å². The second kappa shape index (κ2) is 13.0. The van der Waals surface area contributed by atoms with E-state index < -0.39 is 74.5 Å². The van der Waals surface area contributed by atoms with Gasteiger partial charge in [0.2, 0.25) is 0 Å². The molecular weight excluding hydrogens is 532 g/mol. The summed E-state index contributed by atoms with van der Waals surface area (Å²) in [7, 11) is 0. The Morgan fingerprint density at radius 3 is 2.42 bits per heavy atom. The first-order valence-electron chi connectivity index (χ1n) is 12.4. The van der Waals surface area contributed by atoms with Gasteiger partial charge in [0.1, 0.15) is 37.1 Å². The van der Waals surface area contributed by atoms with E-state index in [4.69, 9.17) is 23.7 Å². The standard InChI is InChI=1S/C27H32O13/c28-17-8-6-15(10-18(17)29)7-9-20(30)38-13-27(35)14-39-26(24(27)34)37-12-19-21(31)22(32)23(33)25(40-19)36-11-16-4-2-1-3-5-16/h1-10,19,21-26,28-29,31-35H,11-14H2/b9-7-/t19-,21-,22+,23-,24-,25-,26+,27+/m0/s1. The zero-order chi connectivity index (χ0) is 28.9. The summed E-state index contributed by atoms with van der Waals surface area (Å²) in [6, 6.07) is 13.0. The van der Waals surface area contributed by atoms with Crippen LogP contribution in [0.5, 0.6) is 11.5 Å². The molecule has 2 aromatic rings. The number of esters is 1. The molecule has 2 aliphatic heterocycles. The van der Waals surface area contributed by atoms with Gasteiger partial charge in [-0.1, -0.05) is 36.4 Å². The van der Waals surface area contributed by atoms with E-state index in [1.807, 2.05) is 18.2 Å². The van der Waals surface area contributed by atoms with Crippen molar-refractivity contribution >= 4 is 12.0 Å². The molecule has 0 bridgehead atoms. The Labute approximate surface area is 229 Å². The van der Waals surface area contributed by atoms with Crippen molar-refractivity contribution in [2.24, 2.45) is 0 Å². The molecule has 2 heterocycles. The maximum atomic E-state index is 12.1. The van der Waals surface area contributed by atoms with Crippen molar-refractivity contribution in [2.75, 3.05) is 19.8 Å². The summed E-state index contributed by atoms with van der Waals surface area (Å²) < 4.78 is 27.0. The first-order chi connectivity index (χ1) is 19.1. The monoisotopic (exact) mass is 564 g/mol. The lowest BCUT2D eigenvalue weighted by molar-refractivity contribution is -0.312. The second-order valence-corrected chi connectivity index (χ2v) is 9.56. The summed E-state index contributed by atoms with van der Waals surface area (Å²) in [6.45, 7) is -1.42. The van der Waals surface area contributed by atoms with Crippen LogP contribution in [0.15, 0.2) is 54.6 Å². The molecule has 4 rings (SSSR count). The topological polar surface area (TPSA) is 205 Å². The fourth-order valence-corrected chi connectivity index (χ4v) is 4.11. The van der Waals surface area contributed by atoms with Gasteiger partial charge in [-0.15, -0.1) is 0 Å². The van der Waals surface area contributed by atoms with Gasteiger partial charge >= 0.3 is 5.97 Å². The second-order valence-electron chi connectivity index (χ2n) is 9.56. The van der Waals surface area contributed by atoms with E-state index in [0.29, 0.717) is 5.56 Å². The van der Waals surface area contributed by atoms with Gasteiger partial charge in [0, 0.05) is 6.08 Å². The minimum absolute atomic E-state index is 0.0712. The number of aliphatic hydroxyl groups is 5. The number of rotatable bonds is 10. The van der Waals surface area contributed by atoms with Crippen molar-refractivity contribution in [3.63, 3.8) is 0 Å². The fourth-order valence-electron chi connectivity index (χ4n) is 4.11. The van der Waals surface area contributed by atoms with Gasteiger partial charge in [-0.2, -0.15) is 0 Å². The molecular formula is C27H32O13. The third kappa shape index (κ3) is 7.14. The number of carbonyl (C=O) groups excluding carboxylic acids is 1. The van der Waals surface area contributed by atoms with E-state index in [0.717, 1.165) is 11.6 Å². The highest BCUT2D eigenvalue weighted by Crippen LogP contribution is 2.29. The zero-order valence-electron chi connectivity index (χ0n) is 21.2. The molecule has 2 fully saturated rings. The van der Waals surface area contributed by atoms with Crippen LogP contribution in [0.3, 0.4) is 0 Å². The third-order valence-electron chi connectivity index (χ3n) is 6.53. The van der Waals surface area contributed by atoms with E-state index in [-0.39, 0.29) is 18.1 Å². The number of benzene rings is 2. The lowest BCUT2D eigenvalue weighted by Gasteiger charge is -2.40. The quantitative estimate of drug-likeness (QED) is 0.107. The summed E-state index contributed by atoms with van der Waals surface area (Å²) in [6.07, 6.45) is -7.83. The minimum Gasteiger partial charge on any atom is -0.504 e. The molecule has 0 radical (unpaired) electrons. The number of aromatic hydroxyl groups is 2. The molecule has 2 aromatic carbocycles. The van der Waals surface area contributed by atoms with Crippen LogP contribution in [0, 0.1) is 0 Å². The van der Waals surface area contributed by atoms with Gasteiger partial charge in [0.25, 0.3) is 0 Å². The molecule has 2 aliphatic rings. The summed E-state index contributed by atoms with van der Waals surface area (Å²) in [4.78, 5) is 12.1. The fraction of sp³-hybridized carbons (Fsp3) is 0.444. The Balaban J connectivity index is 1.26. The minimum atomic E-state index is -2.01. The largest absolute Gasteiger partial charge is 0.504 e.